The molecule has 0 fully saturated rings. The van der Waals surface area contributed by atoms with Crippen LogP contribution in [0.4, 0.5) is 0 Å². The van der Waals surface area contributed by atoms with Crippen molar-refractivity contribution in [3.63, 3.8) is 0 Å². The smallest absolute Gasteiger partial charge is 0.325 e. The summed E-state index contributed by atoms with van der Waals surface area (Å²) >= 11 is 0. The normalized spacial score (nSPS) is 12.4. The molecule has 1 aromatic carbocycles. The molecular weight excluding hydrogens is 202 g/mol. The number of hydrogen-bond acceptors (Lipinski definition) is 2. The van der Waals surface area contributed by atoms with Gasteiger partial charge in [-0.2, -0.15) is 0 Å². The van der Waals surface area contributed by atoms with Crippen LogP contribution in [0.5, 0.6) is 0 Å². The second-order valence-electron chi connectivity index (χ2n) is 3.94. The molecule has 0 heterocycles. The lowest BCUT2D eigenvalue weighted by Crippen LogP contribution is -2.29. The summed E-state index contributed by atoms with van der Waals surface area (Å²) in [5.41, 5.74) is 1.87. The Bertz CT molecular complexity index is 350. The summed E-state index contributed by atoms with van der Waals surface area (Å²) in [5, 5.41) is 12.3. The van der Waals surface area contributed by atoms with Crippen molar-refractivity contribution in [2.75, 3.05) is 6.54 Å². The summed E-state index contributed by atoms with van der Waals surface area (Å²) in [6.07, 6.45) is 2.06. The van der Waals surface area contributed by atoms with E-state index < -0.39 is 12.0 Å². The van der Waals surface area contributed by atoms with Crippen LogP contribution in [0.25, 0.3) is 0 Å². The highest BCUT2D eigenvalue weighted by atomic mass is 16.4. The number of carboxylic acid groups (broad SMARTS) is 1. The first-order valence-electron chi connectivity index (χ1n) is 5.68. The molecule has 0 saturated heterocycles. The molecule has 3 nitrogen and oxygen atoms in total. The fraction of sp³-hybridized carbons (Fsp3) is 0.462. The SMILES string of the molecule is CCCCNC(C(=O)O)c1ccccc1C. The van der Waals surface area contributed by atoms with E-state index in [1.54, 1.807) is 0 Å². The number of rotatable bonds is 6. The molecule has 88 valence electrons. The van der Waals surface area contributed by atoms with Crippen LogP contribution in [-0.2, 0) is 4.79 Å². The Morgan fingerprint density at radius 3 is 2.69 bits per heavy atom. The molecule has 0 radical (unpaired) electrons. The van der Waals surface area contributed by atoms with Gasteiger partial charge in [-0.1, -0.05) is 37.6 Å². The fourth-order valence-electron chi connectivity index (χ4n) is 1.66. The van der Waals surface area contributed by atoms with Crippen LogP contribution < -0.4 is 5.32 Å². The second kappa shape index (κ2) is 6.28. The maximum Gasteiger partial charge on any atom is 0.325 e. The zero-order valence-corrected chi connectivity index (χ0v) is 9.86. The molecule has 2 N–H and O–H groups in total. The van der Waals surface area contributed by atoms with Crippen LogP contribution in [0, 0.1) is 6.92 Å². The second-order valence-corrected chi connectivity index (χ2v) is 3.94. The maximum atomic E-state index is 11.2. The van der Waals surface area contributed by atoms with Gasteiger partial charge >= 0.3 is 5.97 Å². The molecule has 1 rings (SSSR count). The number of aliphatic carboxylic acids is 1. The van der Waals surface area contributed by atoms with Gasteiger partial charge in [0.25, 0.3) is 0 Å². The molecule has 1 unspecified atom stereocenters. The van der Waals surface area contributed by atoms with Crippen LogP contribution in [-0.4, -0.2) is 17.6 Å². The van der Waals surface area contributed by atoms with Gasteiger partial charge < -0.3 is 10.4 Å². The van der Waals surface area contributed by atoms with Gasteiger partial charge in [0.2, 0.25) is 0 Å². The van der Waals surface area contributed by atoms with Gasteiger partial charge in [0, 0.05) is 0 Å². The Kier molecular flexibility index (Phi) is 4.99. The van der Waals surface area contributed by atoms with Crippen LogP contribution in [0.3, 0.4) is 0 Å². The van der Waals surface area contributed by atoms with Gasteiger partial charge in [-0.15, -0.1) is 0 Å². The minimum atomic E-state index is -0.814. The van der Waals surface area contributed by atoms with Crippen molar-refractivity contribution in [3.05, 3.63) is 35.4 Å². The third-order valence-corrected chi connectivity index (χ3v) is 2.63. The minimum absolute atomic E-state index is 0.590. The minimum Gasteiger partial charge on any atom is -0.480 e. The highest BCUT2D eigenvalue weighted by molar-refractivity contribution is 5.76. The quantitative estimate of drug-likeness (QED) is 0.726. The van der Waals surface area contributed by atoms with E-state index in [0.717, 1.165) is 30.5 Å². The lowest BCUT2D eigenvalue weighted by Gasteiger charge is -2.16. The predicted octanol–water partition coefficient (Wildman–Crippen LogP) is 2.51. The lowest BCUT2D eigenvalue weighted by molar-refractivity contribution is -0.139. The standard InChI is InChI=1S/C13H19NO2/c1-3-4-9-14-12(13(15)16)11-8-6-5-7-10(11)2/h5-8,12,14H,3-4,9H2,1-2H3,(H,15,16). The van der Waals surface area contributed by atoms with Gasteiger partial charge in [-0.05, 0) is 31.0 Å². The largest absolute Gasteiger partial charge is 0.480 e. The third kappa shape index (κ3) is 3.35. The van der Waals surface area contributed by atoms with Gasteiger partial charge in [0.05, 0.1) is 0 Å². The summed E-state index contributed by atoms with van der Waals surface area (Å²) in [5.74, 6) is -0.814. The van der Waals surface area contributed by atoms with E-state index in [1.165, 1.54) is 0 Å². The van der Waals surface area contributed by atoms with E-state index in [2.05, 4.69) is 12.2 Å². The van der Waals surface area contributed by atoms with Gasteiger partial charge in [0.1, 0.15) is 6.04 Å². The number of carboxylic acids is 1. The fourth-order valence-corrected chi connectivity index (χ4v) is 1.66. The molecule has 16 heavy (non-hydrogen) atoms. The van der Waals surface area contributed by atoms with Crippen molar-refractivity contribution in [3.8, 4) is 0 Å². The Hall–Kier alpha value is -1.35. The van der Waals surface area contributed by atoms with E-state index in [1.807, 2.05) is 31.2 Å². The molecule has 3 heteroatoms. The van der Waals surface area contributed by atoms with Gasteiger partial charge in [0.15, 0.2) is 0 Å². The van der Waals surface area contributed by atoms with Gasteiger partial charge in [-0.3, -0.25) is 4.79 Å². The predicted molar refractivity (Wildman–Crippen MR) is 64.5 cm³/mol. The zero-order chi connectivity index (χ0) is 12.0. The summed E-state index contributed by atoms with van der Waals surface area (Å²) in [6, 6.07) is 7.01. The molecule has 0 aliphatic carbocycles. The van der Waals surface area contributed by atoms with Crippen LogP contribution >= 0.6 is 0 Å². The van der Waals surface area contributed by atoms with E-state index in [4.69, 9.17) is 0 Å². The topological polar surface area (TPSA) is 49.3 Å². The Morgan fingerprint density at radius 1 is 1.44 bits per heavy atom. The van der Waals surface area contributed by atoms with E-state index >= 15 is 0 Å². The van der Waals surface area contributed by atoms with Crippen molar-refractivity contribution >= 4 is 5.97 Å². The van der Waals surface area contributed by atoms with E-state index in [-0.39, 0.29) is 0 Å². The zero-order valence-electron chi connectivity index (χ0n) is 9.86. The number of carbonyl (C=O) groups is 1. The first-order chi connectivity index (χ1) is 7.66. The van der Waals surface area contributed by atoms with Crippen molar-refractivity contribution < 1.29 is 9.90 Å². The van der Waals surface area contributed by atoms with Crippen LogP contribution in [0.1, 0.15) is 36.9 Å². The molecule has 0 bridgehead atoms. The lowest BCUT2D eigenvalue weighted by atomic mass is 10.0. The maximum absolute atomic E-state index is 11.2. The van der Waals surface area contributed by atoms with E-state index in [9.17, 15) is 9.90 Å². The van der Waals surface area contributed by atoms with Gasteiger partial charge in [-0.25, -0.2) is 0 Å². The third-order valence-electron chi connectivity index (χ3n) is 2.63. The summed E-state index contributed by atoms with van der Waals surface area (Å²) in [6.45, 7) is 4.76. The molecule has 0 aromatic heterocycles. The first kappa shape index (κ1) is 12.7. The van der Waals surface area contributed by atoms with Crippen molar-refractivity contribution in [2.45, 2.75) is 32.7 Å². The van der Waals surface area contributed by atoms with Crippen molar-refractivity contribution in [2.24, 2.45) is 0 Å². The molecule has 0 aliphatic heterocycles. The van der Waals surface area contributed by atoms with E-state index in [0.29, 0.717) is 0 Å². The average molecular weight is 221 g/mol. The van der Waals surface area contributed by atoms with Crippen molar-refractivity contribution in [1.29, 1.82) is 0 Å². The monoisotopic (exact) mass is 221 g/mol. The molecule has 0 aliphatic rings. The number of nitrogens with one attached hydrogen (secondary N) is 1. The number of hydrogen-bond donors (Lipinski definition) is 2. The molecule has 1 aromatic rings. The molecule has 0 spiro atoms. The highest BCUT2D eigenvalue weighted by Crippen LogP contribution is 2.17. The summed E-state index contributed by atoms with van der Waals surface area (Å²) < 4.78 is 0. The highest BCUT2D eigenvalue weighted by Gasteiger charge is 2.19. The molecule has 0 amide bonds. The Labute approximate surface area is 96.5 Å². The number of benzene rings is 1. The summed E-state index contributed by atoms with van der Waals surface area (Å²) in [7, 11) is 0. The number of unbranched alkanes of at least 4 members (excludes halogenated alkanes) is 1. The molecule has 1 atom stereocenters. The van der Waals surface area contributed by atoms with Crippen LogP contribution in [0.15, 0.2) is 24.3 Å². The molecular formula is C13H19NO2. The molecule has 0 saturated carbocycles. The Morgan fingerprint density at radius 2 is 2.12 bits per heavy atom. The van der Waals surface area contributed by atoms with Crippen LogP contribution in [0.2, 0.25) is 0 Å². The Balaban J connectivity index is 2.78. The summed E-state index contributed by atoms with van der Waals surface area (Å²) in [4.78, 5) is 11.2. The number of aryl methyl sites for hydroxylation is 1. The van der Waals surface area contributed by atoms with Crippen molar-refractivity contribution in [1.82, 2.24) is 5.32 Å². The first-order valence-corrected chi connectivity index (χ1v) is 5.68. The average Bonchev–Trinajstić information content (AvgIpc) is 2.25.